The molecule has 0 N–H and O–H groups in total. The lowest BCUT2D eigenvalue weighted by molar-refractivity contribution is -0.148. The van der Waals surface area contributed by atoms with Crippen LogP contribution in [0, 0.1) is 5.92 Å². The van der Waals surface area contributed by atoms with Gasteiger partial charge in [-0.2, -0.15) is 0 Å². The third kappa shape index (κ3) is 3.49. The van der Waals surface area contributed by atoms with Crippen LogP contribution in [-0.2, 0) is 19.7 Å². The first kappa shape index (κ1) is 21.6. The van der Waals surface area contributed by atoms with Crippen LogP contribution in [0.5, 0.6) is 0 Å². The summed E-state index contributed by atoms with van der Waals surface area (Å²) < 4.78 is 12.5. The third-order valence-corrected chi connectivity index (χ3v) is 6.68. The fraction of sp³-hybridized carbons (Fsp3) is 0.233. The molecule has 33 heavy (non-hydrogen) atoms. The lowest BCUT2D eigenvalue weighted by atomic mass is 9.64. The summed E-state index contributed by atoms with van der Waals surface area (Å²) in [7, 11) is 0. The number of benzene rings is 3. The highest BCUT2D eigenvalue weighted by atomic mass is 16.8. The molecule has 0 amide bonds. The maximum absolute atomic E-state index is 14.8. The maximum atomic E-state index is 14.8. The zero-order chi connectivity index (χ0) is 23.1. The molecule has 1 aliphatic carbocycles. The summed E-state index contributed by atoms with van der Waals surface area (Å²) in [6, 6.07) is 30.0. The highest BCUT2D eigenvalue weighted by Gasteiger charge is 2.55. The van der Waals surface area contributed by atoms with E-state index in [2.05, 4.69) is 6.58 Å². The average Bonchev–Trinajstić information content (AvgIpc) is 3.34. The standard InChI is InChI=1S/C30H28O3/c1-4-21-20-25(27-26(21)32-29(2,3)33-27)28(31)30(22-14-8-5-9-15-22,23-16-10-6-11-17-23)24-18-12-7-13-19-24/h4-21,26-27H,1H2,2-3H3/t21-,26+,27-/m1/s1. The molecule has 0 saturated carbocycles. The maximum Gasteiger partial charge on any atom is 0.180 e. The number of Topliss-reactive ketones (excluding diaryl/α,β-unsaturated/α-hetero) is 1. The van der Waals surface area contributed by atoms with Gasteiger partial charge in [-0.15, -0.1) is 6.58 Å². The molecule has 1 fully saturated rings. The topological polar surface area (TPSA) is 35.5 Å². The van der Waals surface area contributed by atoms with Crippen LogP contribution < -0.4 is 0 Å². The SMILES string of the molecule is C=C[C@@H]1C=C(C(=O)C(c2ccccc2)(c2ccccc2)c2ccccc2)[C@H]2OC(C)(C)O[C@@H]12. The quantitative estimate of drug-likeness (QED) is 0.359. The van der Waals surface area contributed by atoms with Gasteiger partial charge in [0.1, 0.15) is 17.6 Å². The molecule has 0 radical (unpaired) electrons. The molecular weight excluding hydrogens is 408 g/mol. The Balaban J connectivity index is 1.77. The van der Waals surface area contributed by atoms with Crippen molar-refractivity contribution in [3.05, 3.63) is 132 Å². The van der Waals surface area contributed by atoms with Crippen LogP contribution in [0.3, 0.4) is 0 Å². The summed E-state index contributed by atoms with van der Waals surface area (Å²) in [5.74, 6) is -0.840. The number of ether oxygens (including phenoxy) is 2. The van der Waals surface area contributed by atoms with E-state index in [4.69, 9.17) is 9.47 Å². The van der Waals surface area contributed by atoms with Crippen molar-refractivity contribution in [2.24, 2.45) is 5.92 Å². The lowest BCUT2D eigenvalue weighted by Gasteiger charge is -2.35. The molecule has 3 atom stereocenters. The second-order valence-electron chi connectivity index (χ2n) is 9.13. The van der Waals surface area contributed by atoms with Crippen LogP contribution >= 0.6 is 0 Å². The van der Waals surface area contributed by atoms with Crippen molar-refractivity contribution in [1.82, 2.24) is 0 Å². The molecule has 1 heterocycles. The minimum absolute atomic E-state index is 0.00625. The number of hydrogen-bond donors (Lipinski definition) is 0. The predicted octanol–water partition coefficient (Wildman–Crippen LogP) is 5.85. The molecule has 0 unspecified atom stereocenters. The van der Waals surface area contributed by atoms with Gasteiger partial charge in [-0.3, -0.25) is 4.79 Å². The van der Waals surface area contributed by atoms with Crippen molar-refractivity contribution < 1.29 is 14.3 Å². The molecule has 3 nitrogen and oxygen atoms in total. The first-order chi connectivity index (χ1) is 16.0. The number of carbonyl (C=O) groups is 1. The minimum Gasteiger partial charge on any atom is -0.343 e. The van der Waals surface area contributed by atoms with Crippen molar-refractivity contribution in [2.75, 3.05) is 0 Å². The van der Waals surface area contributed by atoms with Crippen LogP contribution in [0.4, 0.5) is 0 Å². The number of hydrogen-bond acceptors (Lipinski definition) is 3. The van der Waals surface area contributed by atoms with Crippen molar-refractivity contribution in [3.8, 4) is 0 Å². The van der Waals surface area contributed by atoms with Gasteiger partial charge in [0.15, 0.2) is 11.6 Å². The Morgan fingerprint density at radius 2 is 1.27 bits per heavy atom. The van der Waals surface area contributed by atoms with Crippen LogP contribution in [0.1, 0.15) is 30.5 Å². The minimum atomic E-state index is -1.02. The van der Waals surface area contributed by atoms with Gasteiger partial charge < -0.3 is 9.47 Å². The predicted molar refractivity (Wildman–Crippen MR) is 130 cm³/mol. The zero-order valence-electron chi connectivity index (χ0n) is 19.0. The normalized spacial score (nSPS) is 23.6. The molecule has 3 aromatic rings. The van der Waals surface area contributed by atoms with Crippen LogP contribution in [0.15, 0.2) is 115 Å². The molecule has 3 aromatic carbocycles. The first-order valence-electron chi connectivity index (χ1n) is 11.4. The van der Waals surface area contributed by atoms with Crippen molar-refractivity contribution in [2.45, 2.75) is 37.3 Å². The summed E-state index contributed by atoms with van der Waals surface area (Å²) in [5.41, 5.74) is 2.39. The van der Waals surface area contributed by atoms with E-state index >= 15 is 0 Å². The van der Waals surface area contributed by atoms with Crippen LogP contribution in [-0.4, -0.2) is 23.8 Å². The third-order valence-electron chi connectivity index (χ3n) is 6.68. The van der Waals surface area contributed by atoms with Gasteiger partial charge in [0.25, 0.3) is 0 Å². The molecule has 1 saturated heterocycles. The van der Waals surface area contributed by atoms with Crippen LogP contribution in [0.25, 0.3) is 0 Å². The Morgan fingerprint density at radius 3 is 1.70 bits per heavy atom. The molecule has 1 aliphatic heterocycles. The van der Waals surface area contributed by atoms with Crippen molar-refractivity contribution in [1.29, 1.82) is 0 Å². The van der Waals surface area contributed by atoms with Crippen LogP contribution in [0.2, 0.25) is 0 Å². The molecule has 3 heteroatoms. The van der Waals surface area contributed by atoms with E-state index in [0.29, 0.717) is 5.57 Å². The monoisotopic (exact) mass is 436 g/mol. The van der Waals surface area contributed by atoms with Gasteiger partial charge in [0.2, 0.25) is 0 Å². The first-order valence-corrected chi connectivity index (χ1v) is 11.4. The van der Waals surface area contributed by atoms with Gasteiger partial charge >= 0.3 is 0 Å². The highest BCUT2D eigenvalue weighted by Crippen LogP contribution is 2.48. The Kier molecular flexibility index (Phi) is 5.40. The van der Waals surface area contributed by atoms with E-state index in [0.717, 1.165) is 16.7 Å². The van der Waals surface area contributed by atoms with Gasteiger partial charge in [0.05, 0.1) is 0 Å². The fourth-order valence-corrected chi connectivity index (χ4v) is 5.29. The summed E-state index contributed by atoms with van der Waals surface area (Å²) in [5, 5.41) is 0. The Bertz CT molecular complexity index is 1080. The number of fused-ring (bicyclic) bond motifs is 1. The van der Waals surface area contributed by atoms with E-state index < -0.39 is 17.3 Å². The number of rotatable bonds is 6. The molecule has 2 aliphatic rings. The summed E-state index contributed by atoms with van der Waals surface area (Å²) >= 11 is 0. The molecule has 5 rings (SSSR count). The number of ketones is 1. The van der Waals surface area contributed by atoms with E-state index in [1.165, 1.54) is 0 Å². The van der Waals surface area contributed by atoms with Gasteiger partial charge in [-0.25, -0.2) is 0 Å². The largest absolute Gasteiger partial charge is 0.343 e. The molecule has 0 bridgehead atoms. The Labute approximate surface area is 195 Å². The highest BCUT2D eigenvalue weighted by molar-refractivity contribution is 6.10. The van der Waals surface area contributed by atoms with E-state index in [1.54, 1.807) is 0 Å². The molecule has 0 aromatic heterocycles. The second-order valence-corrected chi connectivity index (χ2v) is 9.13. The lowest BCUT2D eigenvalue weighted by Crippen LogP contribution is -2.42. The van der Waals surface area contributed by atoms with Gasteiger partial charge in [-0.05, 0) is 30.5 Å². The van der Waals surface area contributed by atoms with E-state index in [-0.39, 0.29) is 17.8 Å². The van der Waals surface area contributed by atoms with E-state index in [9.17, 15) is 4.79 Å². The van der Waals surface area contributed by atoms with E-state index in [1.807, 2.05) is 117 Å². The average molecular weight is 437 g/mol. The second kappa shape index (κ2) is 8.26. The molecule has 0 spiro atoms. The fourth-order valence-electron chi connectivity index (χ4n) is 5.29. The van der Waals surface area contributed by atoms with Crippen molar-refractivity contribution in [3.63, 3.8) is 0 Å². The summed E-state index contributed by atoms with van der Waals surface area (Å²) in [4.78, 5) is 14.8. The Hall–Kier alpha value is -3.27. The molecular formula is C30H28O3. The summed E-state index contributed by atoms with van der Waals surface area (Å²) in [6.45, 7) is 7.78. The van der Waals surface area contributed by atoms with Gasteiger partial charge in [0, 0.05) is 11.5 Å². The number of carbonyl (C=O) groups excluding carboxylic acids is 1. The Morgan fingerprint density at radius 1 is 0.818 bits per heavy atom. The zero-order valence-corrected chi connectivity index (χ0v) is 19.0. The van der Waals surface area contributed by atoms with Crippen molar-refractivity contribution >= 4 is 5.78 Å². The molecule has 166 valence electrons. The smallest absolute Gasteiger partial charge is 0.180 e. The summed E-state index contributed by atoms with van der Waals surface area (Å²) in [6.07, 6.45) is 3.14. The van der Waals surface area contributed by atoms with Gasteiger partial charge in [-0.1, -0.05) is 103 Å².